The Kier molecular flexibility index (Phi) is 4.90. The second kappa shape index (κ2) is 6.66. The van der Waals surface area contributed by atoms with Gasteiger partial charge in [0.2, 0.25) is 0 Å². The number of nitrogens with one attached hydrogen (secondary N) is 1. The highest BCUT2D eigenvalue weighted by molar-refractivity contribution is 9.10. The summed E-state index contributed by atoms with van der Waals surface area (Å²) >= 11 is 3.43. The lowest BCUT2D eigenvalue weighted by atomic mass is 10.2. The van der Waals surface area contributed by atoms with Gasteiger partial charge in [-0.1, -0.05) is 15.9 Å². The number of hydrogen-bond acceptors (Lipinski definition) is 3. The molecule has 0 radical (unpaired) electrons. The van der Waals surface area contributed by atoms with E-state index < -0.39 is 6.67 Å². The van der Waals surface area contributed by atoms with E-state index in [1.807, 2.05) is 30.3 Å². The average molecular weight is 313 g/mol. The second-order valence-corrected chi connectivity index (χ2v) is 4.68. The summed E-state index contributed by atoms with van der Waals surface area (Å²) in [7, 11) is 0. The molecule has 1 aromatic heterocycles. The summed E-state index contributed by atoms with van der Waals surface area (Å²) in [6.07, 6.45) is 0. The molecule has 0 saturated heterocycles. The molecular weight excluding hydrogens is 299 g/mol. The molecular formula is C13H14BrFN2O. The van der Waals surface area contributed by atoms with Crippen molar-refractivity contribution in [3.05, 3.63) is 34.8 Å². The minimum Gasteiger partial charge on any atom is -0.377 e. The minimum absolute atomic E-state index is 0.154. The van der Waals surface area contributed by atoms with Crippen molar-refractivity contribution in [2.24, 2.45) is 0 Å². The van der Waals surface area contributed by atoms with Crippen molar-refractivity contribution >= 4 is 32.7 Å². The lowest BCUT2D eigenvalue weighted by molar-refractivity contribution is 0.128. The van der Waals surface area contributed by atoms with Crippen LogP contribution in [0, 0.1) is 0 Å². The van der Waals surface area contributed by atoms with E-state index in [1.54, 1.807) is 0 Å². The highest BCUT2D eigenvalue weighted by Gasteiger charge is 1.98. The van der Waals surface area contributed by atoms with Gasteiger partial charge in [0.15, 0.2) is 0 Å². The maximum atomic E-state index is 11.8. The van der Waals surface area contributed by atoms with Crippen LogP contribution in [0.4, 0.5) is 10.2 Å². The van der Waals surface area contributed by atoms with Crippen molar-refractivity contribution in [3.8, 4) is 0 Å². The van der Waals surface area contributed by atoms with E-state index in [2.05, 4.69) is 26.2 Å². The number of alkyl halides is 1. The molecule has 0 fully saturated rings. The van der Waals surface area contributed by atoms with Crippen LogP contribution in [0.15, 0.2) is 34.8 Å². The van der Waals surface area contributed by atoms with Gasteiger partial charge in [0, 0.05) is 16.4 Å². The largest absolute Gasteiger partial charge is 0.377 e. The molecule has 1 heterocycles. The van der Waals surface area contributed by atoms with Gasteiger partial charge in [-0.25, -0.2) is 9.37 Å². The molecule has 5 heteroatoms. The van der Waals surface area contributed by atoms with E-state index in [4.69, 9.17) is 4.74 Å². The van der Waals surface area contributed by atoms with Gasteiger partial charge in [-0.3, -0.25) is 0 Å². The van der Waals surface area contributed by atoms with Crippen molar-refractivity contribution in [2.75, 3.05) is 31.7 Å². The summed E-state index contributed by atoms with van der Waals surface area (Å²) in [5.74, 6) is 0.800. The molecule has 0 bridgehead atoms. The Morgan fingerprint density at radius 2 is 2.11 bits per heavy atom. The summed E-state index contributed by atoms with van der Waals surface area (Å²) in [5, 5.41) is 4.23. The first kappa shape index (κ1) is 13.2. The molecule has 0 aliphatic heterocycles. The number of anilines is 1. The van der Waals surface area contributed by atoms with Crippen molar-refractivity contribution in [3.63, 3.8) is 0 Å². The number of aromatic nitrogens is 1. The number of benzene rings is 1. The maximum absolute atomic E-state index is 11.8. The minimum atomic E-state index is -0.441. The van der Waals surface area contributed by atoms with Gasteiger partial charge in [0.05, 0.1) is 18.7 Å². The fourth-order valence-electron chi connectivity index (χ4n) is 1.60. The van der Waals surface area contributed by atoms with Gasteiger partial charge < -0.3 is 10.1 Å². The first-order valence-corrected chi connectivity index (χ1v) is 6.53. The molecule has 0 saturated carbocycles. The molecule has 18 heavy (non-hydrogen) atoms. The number of ether oxygens (including phenoxy) is 1. The van der Waals surface area contributed by atoms with E-state index in [0.29, 0.717) is 13.2 Å². The third kappa shape index (κ3) is 3.65. The standard InChI is InChI=1S/C13H14BrFN2O/c14-11-2-3-12-10(9-11)1-4-13(17-12)16-6-8-18-7-5-15/h1-4,9H,5-8H2,(H,16,17). The molecule has 96 valence electrons. The molecule has 0 unspecified atom stereocenters. The Bertz CT molecular complexity index is 521. The van der Waals surface area contributed by atoms with E-state index in [9.17, 15) is 4.39 Å². The number of halogens is 2. The smallest absolute Gasteiger partial charge is 0.126 e. The number of hydrogen-bond donors (Lipinski definition) is 1. The SMILES string of the molecule is FCCOCCNc1ccc2cc(Br)ccc2n1. The summed E-state index contributed by atoms with van der Waals surface area (Å²) in [6, 6.07) is 9.88. The average Bonchev–Trinajstić information content (AvgIpc) is 2.38. The Morgan fingerprint density at radius 3 is 2.94 bits per heavy atom. The molecule has 3 nitrogen and oxygen atoms in total. The normalized spacial score (nSPS) is 10.8. The Balaban J connectivity index is 1.95. The van der Waals surface area contributed by atoms with E-state index in [1.165, 1.54) is 0 Å². The van der Waals surface area contributed by atoms with Gasteiger partial charge >= 0.3 is 0 Å². The highest BCUT2D eigenvalue weighted by Crippen LogP contribution is 2.19. The lowest BCUT2D eigenvalue weighted by Gasteiger charge is -2.07. The van der Waals surface area contributed by atoms with Gasteiger partial charge in [-0.05, 0) is 30.3 Å². The van der Waals surface area contributed by atoms with Crippen LogP contribution in [0.2, 0.25) is 0 Å². The molecule has 2 aromatic rings. The van der Waals surface area contributed by atoms with Crippen molar-refractivity contribution in [1.82, 2.24) is 4.98 Å². The number of nitrogens with zero attached hydrogens (tertiary/aromatic N) is 1. The quantitative estimate of drug-likeness (QED) is 0.830. The zero-order valence-electron chi connectivity index (χ0n) is 9.83. The van der Waals surface area contributed by atoms with Crippen molar-refractivity contribution in [2.45, 2.75) is 0 Å². The number of pyridine rings is 1. The summed E-state index contributed by atoms with van der Waals surface area (Å²) in [5.41, 5.74) is 0.938. The molecule has 0 atom stereocenters. The fraction of sp³-hybridized carbons (Fsp3) is 0.308. The first-order valence-electron chi connectivity index (χ1n) is 5.73. The summed E-state index contributed by atoms with van der Waals surface area (Å²) in [4.78, 5) is 4.47. The van der Waals surface area contributed by atoms with Crippen molar-refractivity contribution in [1.29, 1.82) is 0 Å². The Hall–Kier alpha value is -1.20. The topological polar surface area (TPSA) is 34.1 Å². The van der Waals surface area contributed by atoms with Crippen LogP contribution in [0.5, 0.6) is 0 Å². The summed E-state index contributed by atoms with van der Waals surface area (Å²) in [6.45, 7) is 0.808. The first-order chi connectivity index (χ1) is 8.79. The predicted octanol–water partition coefficient (Wildman–Crippen LogP) is 3.40. The predicted molar refractivity (Wildman–Crippen MR) is 74.7 cm³/mol. The third-order valence-corrected chi connectivity index (χ3v) is 2.92. The van der Waals surface area contributed by atoms with Gasteiger partial charge in [-0.15, -0.1) is 0 Å². The van der Waals surface area contributed by atoms with E-state index in [-0.39, 0.29) is 6.61 Å². The number of rotatable bonds is 6. The molecule has 0 aliphatic carbocycles. The van der Waals surface area contributed by atoms with Crippen LogP contribution in [-0.4, -0.2) is 31.4 Å². The van der Waals surface area contributed by atoms with Gasteiger partial charge in [0.1, 0.15) is 12.5 Å². The molecule has 0 spiro atoms. The molecule has 1 N–H and O–H groups in total. The molecule has 2 rings (SSSR count). The fourth-order valence-corrected chi connectivity index (χ4v) is 1.98. The van der Waals surface area contributed by atoms with Crippen LogP contribution in [0.25, 0.3) is 10.9 Å². The molecule has 0 amide bonds. The monoisotopic (exact) mass is 312 g/mol. The van der Waals surface area contributed by atoms with Gasteiger partial charge in [-0.2, -0.15) is 0 Å². The zero-order chi connectivity index (χ0) is 12.8. The second-order valence-electron chi connectivity index (χ2n) is 3.76. The number of fused-ring (bicyclic) bond motifs is 1. The zero-order valence-corrected chi connectivity index (χ0v) is 11.4. The molecule has 0 aliphatic rings. The Labute approximate surface area is 113 Å². The van der Waals surface area contributed by atoms with Gasteiger partial charge in [0.25, 0.3) is 0 Å². The summed E-state index contributed by atoms with van der Waals surface area (Å²) < 4.78 is 17.9. The van der Waals surface area contributed by atoms with E-state index >= 15 is 0 Å². The van der Waals surface area contributed by atoms with Crippen molar-refractivity contribution < 1.29 is 9.13 Å². The lowest BCUT2D eigenvalue weighted by Crippen LogP contribution is -2.11. The van der Waals surface area contributed by atoms with Crippen LogP contribution in [0.3, 0.4) is 0 Å². The van der Waals surface area contributed by atoms with Crippen LogP contribution in [0.1, 0.15) is 0 Å². The van der Waals surface area contributed by atoms with Crippen LogP contribution >= 0.6 is 15.9 Å². The highest BCUT2D eigenvalue weighted by atomic mass is 79.9. The van der Waals surface area contributed by atoms with Crippen LogP contribution in [-0.2, 0) is 4.74 Å². The Morgan fingerprint density at radius 1 is 1.22 bits per heavy atom. The van der Waals surface area contributed by atoms with Crippen LogP contribution < -0.4 is 5.32 Å². The van der Waals surface area contributed by atoms with E-state index in [0.717, 1.165) is 21.2 Å². The maximum Gasteiger partial charge on any atom is 0.126 e. The third-order valence-electron chi connectivity index (χ3n) is 2.43. The molecule has 1 aromatic carbocycles.